The predicted octanol–water partition coefficient (Wildman–Crippen LogP) is 3.88. The van der Waals surface area contributed by atoms with Crippen LogP contribution in [0.4, 0.5) is 10.1 Å². The minimum atomic E-state index is -0.834. The molecule has 0 saturated heterocycles. The van der Waals surface area contributed by atoms with Gasteiger partial charge in [-0.1, -0.05) is 25.4 Å². The van der Waals surface area contributed by atoms with Gasteiger partial charge in [-0.05, 0) is 48.4 Å². The lowest BCUT2D eigenvalue weighted by molar-refractivity contribution is -0.118. The quantitative estimate of drug-likeness (QED) is 0.801. The van der Waals surface area contributed by atoms with E-state index in [0.717, 1.165) is 6.07 Å². The van der Waals surface area contributed by atoms with Crippen molar-refractivity contribution in [2.24, 2.45) is 5.92 Å². The lowest BCUT2D eigenvalue weighted by Gasteiger charge is -2.22. The molecule has 0 radical (unpaired) electrons. The van der Waals surface area contributed by atoms with Gasteiger partial charge in [0, 0.05) is 10.6 Å². The van der Waals surface area contributed by atoms with Gasteiger partial charge >= 0.3 is 0 Å². The second-order valence-electron chi connectivity index (χ2n) is 6.04. The molecule has 0 spiro atoms. The number of carbonyl (C=O) groups excluding carboxylic acids is 2. The smallest absolute Gasteiger partial charge is 0.251 e. The van der Waals surface area contributed by atoms with Gasteiger partial charge in [0.1, 0.15) is 17.6 Å². The molecule has 0 unspecified atom stereocenters. The topological polar surface area (TPSA) is 67.4 Å². The predicted molar refractivity (Wildman–Crippen MR) is 99.1 cm³/mol. The van der Waals surface area contributed by atoms with Crippen LogP contribution >= 0.6 is 11.6 Å². The minimum Gasteiger partial charge on any atom is -0.497 e. The number of ether oxygens (including phenoxy) is 1. The third-order valence-electron chi connectivity index (χ3n) is 3.78. The van der Waals surface area contributed by atoms with E-state index in [2.05, 4.69) is 10.6 Å². The Kier molecular flexibility index (Phi) is 6.58. The summed E-state index contributed by atoms with van der Waals surface area (Å²) in [7, 11) is 1.53. The molecule has 2 rings (SSSR count). The minimum absolute atomic E-state index is 0.00347. The molecule has 0 bridgehead atoms. The molecule has 0 heterocycles. The molecule has 0 aliphatic carbocycles. The zero-order valence-corrected chi connectivity index (χ0v) is 15.4. The first-order valence-corrected chi connectivity index (χ1v) is 8.40. The van der Waals surface area contributed by atoms with Crippen molar-refractivity contribution >= 4 is 29.1 Å². The van der Waals surface area contributed by atoms with Gasteiger partial charge in [0.05, 0.1) is 12.8 Å². The third kappa shape index (κ3) is 4.95. The van der Waals surface area contributed by atoms with Crippen LogP contribution in [0.5, 0.6) is 5.75 Å². The molecule has 2 N–H and O–H groups in total. The van der Waals surface area contributed by atoms with Crippen molar-refractivity contribution in [2.75, 3.05) is 12.4 Å². The van der Waals surface area contributed by atoms with Gasteiger partial charge in [-0.2, -0.15) is 0 Å². The van der Waals surface area contributed by atoms with Crippen LogP contribution in [0.1, 0.15) is 24.2 Å². The van der Waals surface area contributed by atoms with Crippen LogP contribution in [-0.4, -0.2) is 25.0 Å². The van der Waals surface area contributed by atoms with Crippen LogP contribution in [0.25, 0.3) is 0 Å². The molecule has 2 aromatic carbocycles. The van der Waals surface area contributed by atoms with Crippen LogP contribution in [0.3, 0.4) is 0 Å². The zero-order chi connectivity index (χ0) is 19.3. The van der Waals surface area contributed by atoms with Crippen LogP contribution in [0.2, 0.25) is 5.02 Å². The average molecular weight is 379 g/mol. The van der Waals surface area contributed by atoms with Crippen LogP contribution in [0.15, 0.2) is 42.5 Å². The number of halogens is 2. The Balaban J connectivity index is 2.11. The highest BCUT2D eigenvalue weighted by Crippen LogP contribution is 2.20. The highest BCUT2D eigenvalue weighted by atomic mass is 35.5. The Labute approximate surface area is 156 Å². The maximum Gasteiger partial charge on any atom is 0.251 e. The molecule has 2 amide bonds. The molecule has 5 nitrogen and oxygen atoms in total. The van der Waals surface area contributed by atoms with Crippen molar-refractivity contribution in [3.05, 3.63) is 58.9 Å². The average Bonchev–Trinajstić information content (AvgIpc) is 2.61. The molecule has 7 heteroatoms. The lowest BCUT2D eigenvalue weighted by atomic mass is 10.0. The van der Waals surface area contributed by atoms with Gasteiger partial charge in [-0.15, -0.1) is 0 Å². The number of nitrogens with one attached hydrogen (secondary N) is 2. The molecule has 2 aromatic rings. The molecule has 0 aliphatic rings. The Morgan fingerprint density at radius 2 is 1.77 bits per heavy atom. The Morgan fingerprint density at radius 3 is 2.31 bits per heavy atom. The van der Waals surface area contributed by atoms with Crippen LogP contribution < -0.4 is 15.4 Å². The molecular formula is C19H20ClFN2O3. The fraction of sp³-hybridized carbons (Fsp3) is 0.263. The summed E-state index contributed by atoms with van der Waals surface area (Å²) in [6.07, 6.45) is 0. The first-order chi connectivity index (χ1) is 12.3. The number of benzene rings is 2. The van der Waals surface area contributed by atoms with E-state index in [1.54, 1.807) is 38.1 Å². The number of hydrogen-bond acceptors (Lipinski definition) is 3. The van der Waals surface area contributed by atoms with Crippen molar-refractivity contribution in [3.8, 4) is 5.75 Å². The molecule has 0 saturated carbocycles. The number of methoxy groups -OCH3 is 1. The van der Waals surface area contributed by atoms with Gasteiger partial charge in [-0.25, -0.2) is 4.39 Å². The summed E-state index contributed by atoms with van der Waals surface area (Å²) < 4.78 is 18.9. The largest absolute Gasteiger partial charge is 0.497 e. The fourth-order valence-electron chi connectivity index (χ4n) is 2.30. The van der Waals surface area contributed by atoms with Gasteiger partial charge in [0.25, 0.3) is 5.91 Å². The second-order valence-corrected chi connectivity index (χ2v) is 6.47. The van der Waals surface area contributed by atoms with Gasteiger partial charge < -0.3 is 15.4 Å². The second kappa shape index (κ2) is 8.67. The Bertz CT molecular complexity index is 794. The Morgan fingerprint density at radius 1 is 1.12 bits per heavy atom. The first-order valence-electron chi connectivity index (χ1n) is 8.02. The van der Waals surface area contributed by atoms with E-state index in [9.17, 15) is 14.0 Å². The Hall–Kier alpha value is -2.60. The van der Waals surface area contributed by atoms with Crippen molar-refractivity contribution in [1.82, 2.24) is 5.32 Å². The van der Waals surface area contributed by atoms with E-state index in [1.165, 1.54) is 19.2 Å². The van der Waals surface area contributed by atoms with Crippen molar-refractivity contribution in [3.63, 3.8) is 0 Å². The van der Waals surface area contributed by atoms with E-state index < -0.39 is 23.7 Å². The summed E-state index contributed by atoms with van der Waals surface area (Å²) in [4.78, 5) is 24.9. The monoisotopic (exact) mass is 378 g/mol. The SMILES string of the molecule is COc1ccc(C(=O)N[C@@H](C(=O)Nc2ccc(Cl)cc2F)C(C)C)cc1. The highest BCUT2D eigenvalue weighted by Gasteiger charge is 2.25. The van der Waals surface area contributed by atoms with Gasteiger partial charge in [0.2, 0.25) is 5.91 Å². The summed E-state index contributed by atoms with van der Waals surface area (Å²) >= 11 is 5.71. The van der Waals surface area contributed by atoms with Gasteiger partial charge in [-0.3, -0.25) is 9.59 Å². The van der Waals surface area contributed by atoms with Crippen molar-refractivity contribution in [2.45, 2.75) is 19.9 Å². The lowest BCUT2D eigenvalue weighted by Crippen LogP contribution is -2.47. The highest BCUT2D eigenvalue weighted by molar-refractivity contribution is 6.30. The fourth-order valence-corrected chi connectivity index (χ4v) is 2.46. The molecule has 138 valence electrons. The number of amides is 2. The first kappa shape index (κ1) is 19.7. The summed E-state index contributed by atoms with van der Waals surface area (Å²) in [6.45, 7) is 3.58. The molecular weight excluding hydrogens is 359 g/mol. The summed E-state index contributed by atoms with van der Waals surface area (Å²) in [5.41, 5.74) is 0.394. The van der Waals surface area contributed by atoms with E-state index in [4.69, 9.17) is 16.3 Å². The molecule has 1 atom stereocenters. The molecule has 0 aliphatic heterocycles. The normalized spacial score (nSPS) is 11.8. The van der Waals surface area contributed by atoms with Crippen molar-refractivity contribution in [1.29, 1.82) is 0 Å². The zero-order valence-electron chi connectivity index (χ0n) is 14.7. The van der Waals surface area contributed by atoms with Gasteiger partial charge in [0.15, 0.2) is 0 Å². The van der Waals surface area contributed by atoms with Crippen LogP contribution in [-0.2, 0) is 4.79 Å². The number of carbonyl (C=O) groups is 2. The maximum absolute atomic E-state index is 13.9. The van der Waals surface area contributed by atoms with E-state index in [1.807, 2.05) is 0 Å². The van der Waals surface area contributed by atoms with E-state index in [0.29, 0.717) is 11.3 Å². The number of rotatable bonds is 6. The number of hydrogen-bond donors (Lipinski definition) is 2. The van der Waals surface area contributed by atoms with Crippen LogP contribution in [0, 0.1) is 11.7 Å². The van der Waals surface area contributed by atoms with E-state index >= 15 is 0 Å². The number of anilines is 1. The molecule has 26 heavy (non-hydrogen) atoms. The summed E-state index contributed by atoms with van der Waals surface area (Å²) in [5, 5.41) is 5.40. The maximum atomic E-state index is 13.9. The van der Waals surface area contributed by atoms with E-state index in [-0.39, 0.29) is 16.6 Å². The molecule has 0 fully saturated rings. The van der Waals surface area contributed by atoms with Crippen molar-refractivity contribution < 1.29 is 18.7 Å². The standard InChI is InChI=1S/C19H20ClFN2O3/c1-11(2)17(19(25)22-16-9-6-13(20)10-15(16)21)23-18(24)12-4-7-14(26-3)8-5-12/h4-11,17H,1-3H3,(H,22,25)(H,23,24)/t17-/m1/s1. The third-order valence-corrected chi connectivity index (χ3v) is 4.01. The summed E-state index contributed by atoms with van der Waals surface area (Å²) in [5.74, 6) is -1.14. The molecule has 0 aromatic heterocycles. The summed E-state index contributed by atoms with van der Waals surface area (Å²) in [6, 6.07) is 9.63.